The molecule has 7 nitrogen and oxygen atoms in total. The standard InChI is InChI=1S/C10H17N3O4/c1-12-5-2-6-13(7-8(12)14)10(17)11-4-3-9(15)16/h2-7H2,1H3,(H,11,17)(H,15,16). The molecule has 96 valence electrons. The van der Waals surface area contributed by atoms with Crippen LogP contribution in [0, 0.1) is 0 Å². The number of carbonyl (C=O) groups is 3. The molecule has 0 aliphatic carbocycles. The van der Waals surface area contributed by atoms with Gasteiger partial charge in [-0.1, -0.05) is 0 Å². The van der Waals surface area contributed by atoms with E-state index in [0.717, 1.165) is 6.42 Å². The Balaban J connectivity index is 2.40. The Morgan fingerprint density at radius 1 is 1.41 bits per heavy atom. The van der Waals surface area contributed by atoms with E-state index in [4.69, 9.17) is 5.11 Å². The number of nitrogens with zero attached hydrogens (tertiary/aromatic N) is 2. The lowest BCUT2D eigenvalue weighted by Gasteiger charge is -2.19. The molecule has 1 aliphatic rings. The van der Waals surface area contributed by atoms with Crippen molar-refractivity contribution < 1.29 is 19.5 Å². The highest BCUT2D eigenvalue weighted by molar-refractivity contribution is 5.84. The number of likely N-dealkylation sites (N-methyl/N-ethyl adjacent to an activating group) is 1. The first-order valence-corrected chi connectivity index (χ1v) is 5.49. The number of amides is 3. The van der Waals surface area contributed by atoms with Crippen LogP contribution < -0.4 is 5.32 Å². The predicted octanol–water partition coefficient (Wildman–Crippen LogP) is -0.665. The molecule has 0 aromatic rings. The van der Waals surface area contributed by atoms with E-state index in [2.05, 4.69) is 5.32 Å². The molecule has 1 heterocycles. The summed E-state index contributed by atoms with van der Waals surface area (Å²) in [6, 6.07) is -0.380. The molecule has 1 rings (SSSR count). The molecule has 0 atom stereocenters. The molecule has 1 aliphatic heterocycles. The highest BCUT2D eigenvalue weighted by atomic mass is 16.4. The van der Waals surface area contributed by atoms with Crippen LogP contribution in [-0.4, -0.2) is 66.0 Å². The number of hydrogen-bond donors (Lipinski definition) is 2. The fourth-order valence-corrected chi connectivity index (χ4v) is 1.55. The minimum atomic E-state index is -0.961. The van der Waals surface area contributed by atoms with Gasteiger partial charge >= 0.3 is 12.0 Å². The van der Waals surface area contributed by atoms with Gasteiger partial charge in [0.25, 0.3) is 0 Å². The van der Waals surface area contributed by atoms with Crippen molar-refractivity contribution in [1.82, 2.24) is 15.1 Å². The molecule has 0 saturated carbocycles. The molecule has 0 spiro atoms. The molecule has 0 bridgehead atoms. The number of nitrogens with one attached hydrogen (secondary N) is 1. The zero-order chi connectivity index (χ0) is 12.8. The Morgan fingerprint density at radius 3 is 2.76 bits per heavy atom. The first-order valence-electron chi connectivity index (χ1n) is 5.49. The van der Waals surface area contributed by atoms with Gasteiger partial charge < -0.3 is 20.2 Å². The van der Waals surface area contributed by atoms with Gasteiger partial charge in [-0.15, -0.1) is 0 Å². The summed E-state index contributed by atoms with van der Waals surface area (Å²) in [7, 11) is 1.70. The topological polar surface area (TPSA) is 89.9 Å². The second-order valence-corrected chi connectivity index (χ2v) is 3.97. The fraction of sp³-hybridized carbons (Fsp3) is 0.700. The Labute approximate surface area is 99.4 Å². The Hall–Kier alpha value is -1.79. The van der Waals surface area contributed by atoms with Crippen LogP contribution >= 0.6 is 0 Å². The molecular formula is C10H17N3O4. The van der Waals surface area contributed by atoms with Crippen molar-refractivity contribution in [3.63, 3.8) is 0 Å². The van der Waals surface area contributed by atoms with E-state index >= 15 is 0 Å². The maximum absolute atomic E-state index is 11.6. The number of carbonyl (C=O) groups excluding carboxylic acids is 2. The molecule has 0 aromatic carbocycles. The van der Waals surface area contributed by atoms with Crippen LogP contribution in [0.4, 0.5) is 4.79 Å². The van der Waals surface area contributed by atoms with Gasteiger partial charge in [0.2, 0.25) is 5.91 Å². The van der Waals surface area contributed by atoms with Gasteiger partial charge in [0.05, 0.1) is 6.42 Å². The molecule has 0 radical (unpaired) electrons. The van der Waals surface area contributed by atoms with E-state index in [1.54, 1.807) is 11.9 Å². The summed E-state index contributed by atoms with van der Waals surface area (Å²) in [5, 5.41) is 10.9. The van der Waals surface area contributed by atoms with Gasteiger partial charge in [-0.25, -0.2) is 4.79 Å². The summed E-state index contributed by atoms with van der Waals surface area (Å²) in [6.07, 6.45) is 0.613. The van der Waals surface area contributed by atoms with Crippen molar-refractivity contribution >= 4 is 17.9 Å². The molecular weight excluding hydrogens is 226 g/mol. The second kappa shape index (κ2) is 6.07. The monoisotopic (exact) mass is 243 g/mol. The Morgan fingerprint density at radius 2 is 2.12 bits per heavy atom. The minimum Gasteiger partial charge on any atom is -0.481 e. The number of aliphatic carboxylic acids is 1. The molecule has 7 heteroatoms. The molecule has 17 heavy (non-hydrogen) atoms. The van der Waals surface area contributed by atoms with Crippen molar-refractivity contribution in [3.05, 3.63) is 0 Å². The summed E-state index contributed by atoms with van der Waals surface area (Å²) < 4.78 is 0. The number of urea groups is 1. The third-order valence-corrected chi connectivity index (χ3v) is 2.58. The van der Waals surface area contributed by atoms with E-state index in [9.17, 15) is 14.4 Å². The van der Waals surface area contributed by atoms with Gasteiger partial charge in [0, 0.05) is 26.7 Å². The van der Waals surface area contributed by atoms with Crippen molar-refractivity contribution in [3.8, 4) is 0 Å². The van der Waals surface area contributed by atoms with Crippen molar-refractivity contribution in [2.24, 2.45) is 0 Å². The van der Waals surface area contributed by atoms with Gasteiger partial charge in [0.15, 0.2) is 0 Å². The van der Waals surface area contributed by atoms with Crippen LogP contribution in [0.1, 0.15) is 12.8 Å². The summed E-state index contributed by atoms with van der Waals surface area (Å²) >= 11 is 0. The Bertz CT molecular complexity index is 319. The van der Waals surface area contributed by atoms with Crippen LogP contribution in [0.3, 0.4) is 0 Å². The van der Waals surface area contributed by atoms with Crippen molar-refractivity contribution in [2.45, 2.75) is 12.8 Å². The maximum Gasteiger partial charge on any atom is 0.317 e. The number of rotatable bonds is 3. The highest BCUT2D eigenvalue weighted by Gasteiger charge is 2.22. The first kappa shape index (κ1) is 13.3. The summed E-state index contributed by atoms with van der Waals surface area (Å²) in [4.78, 5) is 36.4. The molecule has 2 N–H and O–H groups in total. The summed E-state index contributed by atoms with van der Waals surface area (Å²) in [5.74, 6) is -1.06. The lowest BCUT2D eigenvalue weighted by Crippen LogP contribution is -2.44. The smallest absolute Gasteiger partial charge is 0.317 e. The second-order valence-electron chi connectivity index (χ2n) is 3.97. The number of carboxylic acid groups (broad SMARTS) is 1. The third-order valence-electron chi connectivity index (χ3n) is 2.58. The summed E-state index contributed by atoms with van der Waals surface area (Å²) in [6.45, 7) is 1.27. The van der Waals surface area contributed by atoms with E-state index in [-0.39, 0.29) is 31.4 Å². The van der Waals surface area contributed by atoms with E-state index in [1.165, 1.54) is 4.90 Å². The van der Waals surface area contributed by atoms with Gasteiger partial charge in [0.1, 0.15) is 6.54 Å². The molecule has 1 fully saturated rings. The highest BCUT2D eigenvalue weighted by Crippen LogP contribution is 2.02. The van der Waals surface area contributed by atoms with Gasteiger partial charge in [-0.05, 0) is 6.42 Å². The van der Waals surface area contributed by atoms with Crippen LogP contribution in [0.25, 0.3) is 0 Å². The average molecular weight is 243 g/mol. The SMILES string of the molecule is CN1CCCN(C(=O)NCCC(=O)O)CC1=O. The molecule has 3 amide bonds. The zero-order valence-corrected chi connectivity index (χ0v) is 9.81. The van der Waals surface area contributed by atoms with Gasteiger partial charge in [-0.3, -0.25) is 9.59 Å². The predicted molar refractivity (Wildman–Crippen MR) is 59.5 cm³/mol. The quantitative estimate of drug-likeness (QED) is 0.688. The van der Waals surface area contributed by atoms with E-state index in [0.29, 0.717) is 13.1 Å². The largest absolute Gasteiger partial charge is 0.481 e. The van der Waals surface area contributed by atoms with E-state index in [1.807, 2.05) is 0 Å². The van der Waals surface area contributed by atoms with Crippen molar-refractivity contribution in [1.29, 1.82) is 0 Å². The average Bonchev–Trinajstić information content (AvgIpc) is 2.41. The lowest BCUT2D eigenvalue weighted by atomic mass is 10.4. The fourth-order valence-electron chi connectivity index (χ4n) is 1.55. The van der Waals surface area contributed by atoms with Crippen LogP contribution in [0.15, 0.2) is 0 Å². The molecule has 0 aromatic heterocycles. The molecule has 1 saturated heterocycles. The normalized spacial score (nSPS) is 16.6. The van der Waals surface area contributed by atoms with Gasteiger partial charge in [-0.2, -0.15) is 0 Å². The van der Waals surface area contributed by atoms with Crippen LogP contribution in [-0.2, 0) is 9.59 Å². The number of hydrogen-bond acceptors (Lipinski definition) is 3. The first-order chi connectivity index (χ1) is 8.00. The molecule has 0 unspecified atom stereocenters. The third kappa shape index (κ3) is 4.29. The minimum absolute atomic E-state index is 0.0510. The van der Waals surface area contributed by atoms with Crippen molar-refractivity contribution in [2.75, 3.05) is 33.2 Å². The lowest BCUT2D eigenvalue weighted by molar-refractivity contribution is -0.137. The zero-order valence-electron chi connectivity index (χ0n) is 9.81. The Kier molecular flexibility index (Phi) is 4.74. The maximum atomic E-state index is 11.6. The van der Waals surface area contributed by atoms with Crippen LogP contribution in [0.2, 0.25) is 0 Å². The number of carboxylic acids is 1. The summed E-state index contributed by atoms with van der Waals surface area (Å²) in [5.41, 5.74) is 0. The van der Waals surface area contributed by atoms with Crippen LogP contribution in [0.5, 0.6) is 0 Å². The van der Waals surface area contributed by atoms with E-state index < -0.39 is 5.97 Å².